The largest absolute Gasteiger partial charge is 0.352 e. The average Bonchev–Trinajstić information content (AvgIpc) is 2.52. The zero-order valence-corrected chi connectivity index (χ0v) is 12.9. The molecular formula is C16H25N3O2. The monoisotopic (exact) mass is 291 g/mol. The molecular weight excluding hydrogens is 266 g/mol. The van der Waals surface area contributed by atoms with Crippen molar-refractivity contribution in [2.75, 3.05) is 26.2 Å². The first kappa shape index (κ1) is 17.2. The fraction of sp³-hybridized carbons (Fsp3) is 0.500. The Kier molecular flexibility index (Phi) is 8.12. The zero-order valence-electron chi connectivity index (χ0n) is 12.9. The fourth-order valence-electron chi connectivity index (χ4n) is 1.81. The summed E-state index contributed by atoms with van der Waals surface area (Å²) in [5.74, 6) is -0.297. The molecule has 0 atom stereocenters. The van der Waals surface area contributed by atoms with Crippen molar-refractivity contribution in [1.29, 1.82) is 0 Å². The molecule has 0 aliphatic carbocycles. The lowest BCUT2D eigenvalue weighted by Gasteiger charge is -2.08. The summed E-state index contributed by atoms with van der Waals surface area (Å²) in [7, 11) is 0. The van der Waals surface area contributed by atoms with Crippen molar-refractivity contribution in [3.05, 3.63) is 35.4 Å². The van der Waals surface area contributed by atoms with Crippen molar-refractivity contribution >= 4 is 11.8 Å². The highest BCUT2D eigenvalue weighted by atomic mass is 16.2. The van der Waals surface area contributed by atoms with Crippen molar-refractivity contribution in [2.24, 2.45) is 0 Å². The molecule has 3 N–H and O–H groups in total. The van der Waals surface area contributed by atoms with Gasteiger partial charge in [-0.1, -0.05) is 19.9 Å². The second-order valence-electron chi connectivity index (χ2n) is 4.84. The lowest BCUT2D eigenvalue weighted by Crippen LogP contribution is -2.32. The van der Waals surface area contributed by atoms with Crippen LogP contribution in [-0.2, 0) is 0 Å². The third kappa shape index (κ3) is 6.40. The standard InChI is InChI=1S/C16H25N3O2/c1-3-8-17-10-11-19-16(21)14-7-5-6-13(12-14)15(20)18-9-4-2/h5-7,12,17H,3-4,8-11H2,1-2H3,(H,18,20)(H,19,21). The molecule has 116 valence electrons. The van der Waals surface area contributed by atoms with Crippen molar-refractivity contribution < 1.29 is 9.59 Å². The van der Waals surface area contributed by atoms with E-state index in [1.165, 1.54) is 0 Å². The summed E-state index contributed by atoms with van der Waals surface area (Å²) in [5, 5.41) is 8.85. The number of amides is 2. The van der Waals surface area contributed by atoms with Gasteiger partial charge in [-0.3, -0.25) is 9.59 Å². The molecule has 0 fully saturated rings. The van der Waals surface area contributed by atoms with Crippen LogP contribution >= 0.6 is 0 Å². The van der Waals surface area contributed by atoms with E-state index < -0.39 is 0 Å². The maximum atomic E-state index is 12.0. The SMILES string of the molecule is CCCNCCNC(=O)c1cccc(C(=O)NCCC)c1. The first-order chi connectivity index (χ1) is 10.2. The Balaban J connectivity index is 2.50. The molecule has 1 aromatic rings. The van der Waals surface area contributed by atoms with Gasteiger partial charge in [0.1, 0.15) is 0 Å². The van der Waals surface area contributed by atoms with Gasteiger partial charge in [0, 0.05) is 30.8 Å². The molecule has 5 nitrogen and oxygen atoms in total. The molecule has 0 unspecified atom stereocenters. The highest BCUT2D eigenvalue weighted by molar-refractivity contribution is 5.99. The molecule has 21 heavy (non-hydrogen) atoms. The molecule has 2 amide bonds. The van der Waals surface area contributed by atoms with E-state index in [0.717, 1.165) is 25.9 Å². The van der Waals surface area contributed by atoms with Crippen molar-refractivity contribution in [3.8, 4) is 0 Å². The molecule has 5 heteroatoms. The van der Waals surface area contributed by atoms with Crippen LogP contribution in [0.4, 0.5) is 0 Å². The average molecular weight is 291 g/mol. The molecule has 0 saturated carbocycles. The van der Waals surface area contributed by atoms with Gasteiger partial charge in [-0.2, -0.15) is 0 Å². The maximum Gasteiger partial charge on any atom is 0.251 e. The van der Waals surface area contributed by atoms with E-state index in [-0.39, 0.29) is 11.8 Å². The second-order valence-corrected chi connectivity index (χ2v) is 4.84. The quantitative estimate of drug-likeness (QED) is 0.605. The molecule has 0 aromatic heterocycles. The van der Waals surface area contributed by atoms with Crippen LogP contribution in [0, 0.1) is 0 Å². The van der Waals surface area contributed by atoms with Crippen LogP contribution < -0.4 is 16.0 Å². The second kappa shape index (κ2) is 9.94. The third-order valence-corrected chi connectivity index (χ3v) is 2.94. The minimum absolute atomic E-state index is 0.142. The highest BCUT2D eigenvalue weighted by Crippen LogP contribution is 2.05. The first-order valence-electron chi connectivity index (χ1n) is 7.56. The van der Waals surface area contributed by atoms with Gasteiger partial charge in [0.15, 0.2) is 0 Å². The van der Waals surface area contributed by atoms with Gasteiger partial charge >= 0.3 is 0 Å². The Hall–Kier alpha value is -1.88. The van der Waals surface area contributed by atoms with E-state index in [2.05, 4.69) is 22.9 Å². The predicted molar refractivity (Wildman–Crippen MR) is 84.6 cm³/mol. The van der Waals surface area contributed by atoms with Gasteiger partial charge in [0.25, 0.3) is 11.8 Å². The zero-order chi connectivity index (χ0) is 15.5. The number of benzene rings is 1. The summed E-state index contributed by atoms with van der Waals surface area (Å²) < 4.78 is 0. The molecule has 0 saturated heterocycles. The van der Waals surface area contributed by atoms with Gasteiger partial charge in [-0.15, -0.1) is 0 Å². The van der Waals surface area contributed by atoms with Gasteiger partial charge in [0.05, 0.1) is 0 Å². The number of carbonyl (C=O) groups excluding carboxylic acids is 2. The van der Waals surface area contributed by atoms with Crippen LogP contribution in [0.15, 0.2) is 24.3 Å². The van der Waals surface area contributed by atoms with Crippen LogP contribution in [0.5, 0.6) is 0 Å². The summed E-state index contributed by atoms with van der Waals surface area (Å²) in [6, 6.07) is 6.78. The number of rotatable bonds is 9. The molecule has 0 radical (unpaired) electrons. The predicted octanol–water partition coefficient (Wildman–Crippen LogP) is 1.56. The Bertz CT molecular complexity index is 461. The van der Waals surface area contributed by atoms with E-state index >= 15 is 0 Å². The van der Waals surface area contributed by atoms with Crippen molar-refractivity contribution in [2.45, 2.75) is 26.7 Å². The molecule has 0 heterocycles. The Morgan fingerprint density at radius 3 is 2.00 bits per heavy atom. The van der Waals surface area contributed by atoms with Gasteiger partial charge < -0.3 is 16.0 Å². The number of hydrogen-bond acceptors (Lipinski definition) is 3. The fourth-order valence-corrected chi connectivity index (χ4v) is 1.81. The lowest BCUT2D eigenvalue weighted by atomic mass is 10.1. The van der Waals surface area contributed by atoms with E-state index in [4.69, 9.17) is 0 Å². The third-order valence-electron chi connectivity index (χ3n) is 2.94. The number of nitrogens with one attached hydrogen (secondary N) is 3. The Labute approximate surface area is 126 Å². The number of hydrogen-bond donors (Lipinski definition) is 3. The molecule has 0 bridgehead atoms. The summed E-state index contributed by atoms with van der Waals surface area (Å²) in [6.07, 6.45) is 1.96. The van der Waals surface area contributed by atoms with E-state index in [1.54, 1.807) is 24.3 Å². The molecule has 0 aliphatic rings. The summed E-state index contributed by atoms with van der Waals surface area (Å²) in [4.78, 5) is 23.9. The van der Waals surface area contributed by atoms with Crippen molar-refractivity contribution in [1.82, 2.24) is 16.0 Å². The minimum atomic E-state index is -0.154. The first-order valence-corrected chi connectivity index (χ1v) is 7.56. The Morgan fingerprint density at radius 2 is 1.43 bits per heavy atom. The Morgan fingerprint density at radius 1 is 0.857 bits per heavy atom. The summed E-state index contributed by atoms with van der Waals surface area (Å²) in [6.45, 7) is 7.00. The van der Waals surface area contributed by atoms with Crippen LogP contribution in [0.2, 0.25) is 0 Å². The van der Waals surface area contributed by atoms with E-state index in [0.29, 0.717) is 24.2 Å². The van der Waals surface area contributed by atoms with E-state index in [9.17, 15) is 9.59 Å². The normalized spacial score (nSPS) is 10.2. The number of carbonyl (C=O) groups is 2. The molecule has 0 spiro atoms. The molecule has 0 aliphatic heterocycles. The van der Waals surface area contributed by atoms with Crippen LogP contribution in [-0.4, -0.2) is 38.0 Å². The van der Waals surface area contributed by atoms with Gasteiger partial charge in [-0.25, -0.2) is 0 Å². The molecule has 1 rings (SSSR count). The van der Waals surface area contributed by atoms with Gasteiger partial charge in [0.2, 0.25) is 0 Å². The topological polar surface area (TPSA) is 70.2 Å². The summed E-state index contributed by atoms with van der Waals surface area (Å²) in [5.41, 5.74) is 1.02. The van der Waals surface area contributed by atoms with E-state index in [1.807, 2.05) is 6.92 Å². The van der Waals surface area contributed by atoms with Crippen LogP contribution in [0.1, 0.15) is 47.4 Å². The highest BCUT2D eigenvalue weighted by Gasteiger charge is 2.09. The van der Waals surface area contributed by atoms with Crippen molar-refractivity contribution in [3.63, 3.8) is 0 Å². The van der Waals surface area contributed by atoms with Crippen LogP contribution in [0.25, 0.3) is 0 Å². The smallest absolute Gasteiger partial charge is 0.251 e. The molecule has 1 aromatic carbocycles. The minimum Gasteiger partial charge on any atom is -0.352 e. The maximum absolute atomic E-state index is 12.0. The lowest BCUT2D eigenvalue weighted by molar-refractivity contribution is 0.0953. The van der Waals surface area contributed by atoms with Gasteiger partial charge in [-0.05, 0) is 37.6 Å². The van der Waals surface area contributed by atoms with Crippen LogP contribution in [0.3, 0.4) is 0 Å². The summed E-state index contributed by atoms with van der Waals surface area (Å²) >= 11 is 0.